The van der Waals surface area contributed by atoms with E-state index in [0.717, 1.165) is 18.2 Å². The Labute approximate surface area is 218 Å². The monoisotopic (exact) mass is 541 g/mol. The van der Waals surface area contributed by atoms with Crippen LogP contribution in [0, 0.1) is 6.92 Å². The number of hydrogen-bond acceptors (Lipinski definition) is 4. The quantitative estimate of drug-likeness (QED) is 0.418. The molecule has 1 atom stereocenters. The van der Waals surface area contributed by atoms with E-state index in [0.29, 0.717) is 27.8 Å². The summed E-state index contributed by atoms with van der Waals surface area (Å²) >= 11 is 12.3. The number of hydrogen-bond donors (Lipinski definition) is 1. The van der Waals surface area contributed by atoms with Gasteiger partial charge in [0.1, 0.15) is 6.04 Å². The summed E-state index contributed by atoms with van der Waals surface area (Å²) in [5, 5.41) is 3.84. The Morgan fingerprint density at radius 2 is 1.80 bits per heavy atom. The minimum Gasteiger partial charge on any atom is -0.354 e. The Kier molecular flexibility index (Phi) is 10.9. The number of halogens is 2. The maximum absolute atomic E-state index is 13.3. The van der Waals surface area contributed by atoms with Crippen LogP contribution >= 0.6 is 23.2 Å². The molecular formula is C25H33Cl2N3O4S. The fraction of sp³-hybridized carbons (Fsp3) is 0.440. The smallest absolute Gasteiger partial charge is 0.242 e. The topological polar surface area (TPSA) is 86.8 Å². The highest BCUT2D eigenvalue weighted by Gasteiger charge is 2.27. The number of nitrogens with zero attached hydrogens (tertiary/aromatic N) is 2. The third kappa shape index (κ3) is 8.40. The van der Waals surface area contributed by atoms with Crippen LogP contribution in [-0.2, 0) is 26.2 Å². The lowest BCUT2D eigenvalue weighted by atomic mass is 10.1. The first kappa shape index (κ1) is 28.9. The van der Waals surface area contributed by atoms with Gasteiger partial charge in [-0.2, -0.15) is 0 Å². The van der Waals surface area contributed by atoms with Gasteiger partial charge in [0.05, 0.1) is 11.9 Å². The molecule has 192 valence electrons. The Morgan fingerprint density at radius 1 is 1.11 bits per heavy atom. The number of nitrogens with one attached hydrogen (secondary N) is 1. The molecule has 0 fully saturated rings. The SMILES string of the molecule is CCCNC(=O)[C@@H](C)N(Cc1cccc(Cl)c1)C(=O)CCCN(c1cccc(Cl)c1C)S(C)(=O)=O. The van der Waals surface area contributed by atoms with Crippen molar-refractivity contribution in [2.45, 2.75) is 52.6 Å². The molecule has 0 unspecified atom stereocenters. The molecule has 0 aliphatic carbocycles. The third-order valence-electron chi connectivity index (χ3n) is 5.62. The average Bonchev–Trinajstić information content (AvgIpc) is 2.79. The number of anilines is 1. The molecule has 10 heteroatoms. The highest BCUT2D eigenvalue weighted by molar-refractivity contribution is 7.92. The highest BCUT2D eigenvalue weighted by atomic mass is 35.5. The van der Waals surface area contributed by atoms with E-state index in [4.69, 9.17) is 23.2 Å². The van der Waals surface area contributed by atoms with Crippen molar-refractivity contribution in [3.05, 3.63) is 63.6 Å². The van der Waals surface area contributed by atoms with E-state index in [1.807, 2.05) is 13.0 Å². The van der Waals surface area contributed by atoms with Crippen molar-refractivity contribution in [1.29, 1.82) is 0 Å². The van der Waals surface area contributed by atoms with Crippen molar-refractivity contribution >= 4 is 50.7 Å². The van der Waals surface area contributed by atoms with E-state index in [-0.39, 0.29) is 37.7 Å². The van der Waals surface area contributed by atoms with Crippen LogP contribution in [-0.4, -0.2) is 50.5 Å². The molecule has 0 heterocycles. The molecule has 0 saturated heterocycles. The average molecular weight is 543 g/mol. The first-order valence-electron chi connectivity index (χ1n) is 11.5. The Bertz CT molecular complexity index is 1140. The van der Waals surface area contributed by atoms with Crippen molar-refractivity contribution in [3.63, 3.8) is 0 Å². The zero-order valence-corrected chi connectivity index (χ0v) is 22.9. The minimum absolute atomic E-state index is 0.0671. The number of carbonyl (C=O) groups excluding carboxylic acids is 2. The molecule has 35 heavy (non-hydrogen) atoms. The van der Waals surface area contributed by atoms with Gasteiger partial charge in [0, 0.05) is 36.1 Å². The van der Waals surface area contributed by atoms with Crippen molar-refractivity contribution < 1.29 is 18.0 Å². The summed E-state index contributed by atoms with van der Waals surface area (Å²) in [6.45, 7) is 6.23. The van der Waals surface area contributed by atoms with Gasteiger partial charge in [0.25, 0.3) is 0 Å². The van der Waals surface area contributed by atoms with E-state index in [1.54, 1.807) is 50.2 Å². The molecule has 0 saturated carbocycles. The van der Waals surface area contributed by atoms with Gasteiger partial charge in [-0.05, 0) is 62.1 Å². The summed E-state index contributed by atoms with van der Waals surface area (Å²) in [6.07, 6.45) is 2.25. The molecule has 2 aromatic carbocycles. The molecule has 0 bridgehead atoms. The summed E-state index contributed by atoms with van der Waals surface area (Å²) in [4.78, 5) is 27.4. The standard InChI is InChI=1S/C25H33Cl2N3O4S/c1-5-14-28-25(32)19(3)29(17-20-9-6-10-21(26)16-20)24(31)13-8-15-30(35(4,33)34)23-12-7-11-22(27)18(23)2/h6-7,9-12,16,19H,5,8,13-15,17H2,1-4H3,(H,28,32)/t19-/m1/s1. The number of carbonyl (C=O) groups is 2. The van der Waals surface area contributed by atoms with Crippen LogP contribution in [0.4, 0.5) is 5.69 Å². The van der Waals surface area contributed by atoms with Crippen LogP contribution in [0.5, 0.6) is 0 Å². The molecule has 2 aromatic rings. The molecule has 0 aromatic heterocycles. The van der Waals surface area contributed by atoms with Crippen molar-refractivity contribution in [1.82, 2.24) is 10.2 Å². The van der Waals surface area contributed by atoms with Gasteiger partial charge in [-0.3, -0.25) is 13.9 Å². The van der Waals surface area contributed by atoms with E-state index in [2.05, 4.69) is 5.32 Å². The summed E-state index contributed by atoms with van der Waals surface area (Å²) in [7, 11) is -3.60. The van der Waals surface area contributed by atoms with Gasteiger partial charge in [0.2, 0.25) is 21.8 Å². The fourth-order valence-corrected chi connectivity index (χ4v) is 5.06. The highest BCUT2D eigenvalue weighted by Crippen LogP contribution is 2.28. The maximum atomic E-state index is 13.3. The predicted octanol–water partition coefficient (Wildman–Crippen LogP) is 4.79. The van der Waals surface area contributed by atoms with E-state index < -0.39 is 16.1 Å². The van der Waals surface area contributed by atoms with Crippen LogP contribution in [0.25, 0.3) is 0 Å². The zero-order chi connectivity index (χ0) is 26.2. The molecule has 1 N–H and O–H groups in total. The Morgan fingerprint density at radius 3 is 2.43 bits per heavy atom. The molecule has 2 amide bonds. The first-order valence-corrected chi connectivity index (χ1v) is 14.1. The first-order chi connectivity index (χ1) is 16.5. The van der Waals surface area contributed by atoms with Crippen LogP contribution in [0.15, 0.2) is 42.5 Å². The second kappa shape index (κ2) is 13.1. The van der Waals surface area contributed by atoms with Gasteiger partial charge in [0.15, 0.2) is 0 Å². The van der Waals surface area contributed by atoms with Crippen molar-refractivity contribution in [2.24, 2.45) is 0 Å². The number of amides is 2. The summed E-state index contributed by atoms with van der Waals surface area (Å²) in [5.74, 6) is -0.491. The van der Waals surface area contributed by atoms with E-state index in [9.17, 15) is 18.0 Å². The van der Waals surface area contributed by atoms with E-state index >= 15 is 0 Å². The molecule has 7 nitrogen and oxygen atoms in total. The summed E-state index contributed by atoms with van der Waals surface area (Å²) in [6, 6.07) is 11.5. The van der Waals surface area contributed by atoms with E-state index in [1.165, 1.54) is 9.21 Å². The van der Waals surface area contributed by atoms with Gasteiger partial charge in [-0.1, -0.05) is 48.3 Å². The summed E-state index contributed by atoms with van der Waals surface area (Å²) in [5.41, 5.74) is 1.93. The van der Waals surface area contributed by atoms with Crippen LogP contribution in [0.1, 0.15) is 44.2 Å². The second-order valence-electron chi connectivity index (χ2n) is 8.44. The lowest BCUT2D eigenvalue weighted by Gasteiger charge is -2.29. The van der Waals surface area contributed by atoms with Gasteiger partial charge in [-0.25, -0.2) is 8.42 Å². The summed E-state index contributed by atoms with van der Waals surface area (Å²) < 4.78 is 26.3. The molecule has 0 aliphatic rings. The molecule has 0 aliphatic heterocycles. The third-order valence-corrected chi connectivity index (χ3v) is 7.44. The lowest BCUT2D eigenvalue weighted by Crippen LogP contribution is -2.47. The zero-order valence-electron chi connectivity index (χ0n) is 20.6. The molecule has 0 radical (unpaired) electrons. The van der Waals surface area contributed by atoms with Gasteiger partial charge >= 0.3 is 0 Å². The Hall–Kier alpha value is -2.29. The molecular weight excluding hydrogens is 509 g/mol. The van der Waals surface area contributed by atoms with Crippen molar-refractivity contribution in [3.8, 4) is 0 Å². The van der Waals surface area contributed by atoms with Gasteiger partial charge < -0.3 is 10.2 Å². The lowest BCUT2D eigenvalue weighted by molar-refractivity contribution is -0.140. The predicted molar refractivity (Wildman–Crippen MR) is 142 cm³/mol. The Balaban J connectivity index is 2.19. The van der Waals surface area contributed by atoms with Crippen LogP contribution < -0.4 is 9.62 Å². The molecule has 2 rings (SSSR count). The fourth-order valence-electron chi connectivity index (χ4n) is 3.66. The number of benzene rings is 2. The van der Waals surface area contributed by atoms with Crippen LogP contribution in [0.3, 0.4) is 0 Å². The van der Waals surface area contributed by atoms with Crippen LogP contribution in [0.2, 0.25) is 10.0 Å². The minimum atomic E-state index is -3.60. The second-order valence-corrected chi connectivity index (χ2v) is 11.2. The van der Waals surface area contributed by atoms with Crippen molar-refractivity contribution in [2.75, 3.05) is 23.7 Å². The largest absolute Gasteiger partial charge is 0.354 e. The van der Waals surface area contributed by atoms with Gasteiger partial charge in [-0.15, -0.1) is 0 Å². The normalized spacial score (nSPS) is 12.2. The number of rotatable bonds is 12. The maximum Gasteiger partial charge on any atom is 0.242 e. The number of sulfonamides is 1. The molecule has 0 spiro atoms.